The number of esters is 1. The molecule has 3 aromatic carbocycles. The Hall–Kier alpha value is -3.79. The van der Waals surface area contributed by atoms with Crippen molar-refractivity contribution in [3.63, 3.8) is 0 Å². The maximum absolute atomic E-state index is 14.1. The zero-order chi connectivity index (χ0) is 28.4. The molecular formula is C29H31F2N3O4S. The van der Waals surface area contributed by atoms with Gasteiger partial charge in [0.1, 0.15) is 35.1 Å². The van der Waals surface area contributed by atoms with Crippen LogP contribution in [-0.4, -0.2) is 29.5 Å². The van der Waals surface area contributed by atoms with Gasteiger partial charge in [-0.1, -0.05) is 31.2 Å². The highest BCUT2D eigenvalue weighted by Gasteiger charge is 2.29. The molecule has 0 saturated carbocycles. The van der Waals surface area contributed by atoms with Gasteiger partial charge in [-0.05, 0) is 75.2 Å². The van der Waals surface area contributed by atoms with Crippen LogP contribution in [0.3, 0.4) is 0 Å². The minimum Gasteiger partial charge on any atom is -0.459 e. The summed E-state index contributed by atoms with van der Waals surface area (Å²) in [6.07, 6.45) is 1.29. The predicted octanol–water partition coefficient (Wildman–Crippen LogP) is 6.00. The number of carbonyl (C=O) groups is 1. The molecule has 0 amide bonds. The number of imidazole rings is 1. The molecule has 7 nitrogen and oxygen atoms in total. The Morgan fingerprint density at radius 1 is 1.00 bits per heavy atom. The second kappa shape index (κ2) is 11.1. The predicted molar refractivity (Wildman–Crippen MR) is 146 cm³/mol. The first-order valence-electron chi connectivity index (χ1n) is 12.6. The van der Waals surface area contributed by atoms with E-state index in [0.29, 0.717) is 28.8 Å². The zero-order valence-corrected chi connectivity index (χ0v) is 23.1. The Kier molecular flexibility index (Phi) is 8.06. The molecule has 4 aromatic rings. The molecule has 0 aliphatic heterocycles. The maximum Gasteiger partial charge on any atom is 0.326 e. The quantitative estimate of drug-likeness (QED) is 0.237. The summed E-state index contributed by atoms with van der Waals surface area (Å²) in [6, 6.07) is 15.3. The first-order valence-corrected chi connectivity index (χ1v) is 14.1. The van der Waals surface area contributed by atoms with Gasteiger partial charge in [-0.3, -0.25) is 9.10 Å². The summed E-state index contributed by atoms with van der Waals surface area (Å²) >= 11 is 0. The van der Waals surface area contributed by atoms with Crippen molar-refractivity contribution in [2.24, 2.45) is 0 Å². The number of aryl methyl sites for hydroxylation is 1. The van der Waals surface area contributed by atoms with Crippen LogP contribution in [0.1, 0.15) is 45.5 Å². The third-order valence-corrected chi connectivity index (χ3v) is 7.67. The van der Waals surface area contributed by atoms with Gasteiger partial charge in [-0.15, -0.1) is 0 Å². The molecule has 39 heavy (non-hydrogen) atoms. The molecule has 0 atom stereocenters. The van der Waals surface area contributed by atoms with Gasteiger partial charge in [0.2, 0.25) is 0 Å². The van der Waals surface area contributed by atoms with Crippen LogP contribution in [0, 0.1) is 11.6 Å². The number of halogens is 2. The number of ether oxygens (including phenoxy) is 1. The van der Waals surface area contributed by atoms with E-state index in [2.05, 4.69) is 0 Å². The number of rotatable bonds is 9. The van der Waals surface area contributed by atoms with Gasteiger partial charge in [0.15, 0.2) is 0 Å². The lowest BCUT2D eigenvalue weighted by atomic mass is 10.2. The molecule has 0 N–H and O–H groups in total. The van der Waals surface area contributed by atoms with Crippen LogP contribution in [0.2, 0.25) is 0 Å². The average molecular weight is 556 g/mol. The fourth-order valence-electron chi connectivity index (χ4n) is 4.29. The van der Waals surface area contributed by atoms with Crippen LogP contribution >= 0.6 is 0 Å². The molecular weight excluding hydrogens is 524 g/mol. The van der Waals surface area contributed by atoms with E-state index in [4.69, 9.17) is 9.72 Å². The van der Waals surface area contributed by atoms with Crippen molar-refractivity contribution in [3.05, 3.63) is 89.8 Å². The summed E-state index contributed by atoms with van der Waals surface area (Å²) in [5, 5.41) is 0. The van der Waals surface area contributed by atoms with Crippen molar-refractivity contribution in [2.45, 2.75) is 64.1 Å². The Balaban J connectivity index is 1.89. The Morgan fingerprint density at radius 2 is 1.69 bits per heavy atom. The highest BCUT2D eigenvalue weighted by Crippen LogP contribution is 2.33. The molecule has 1 aromatic heterocycles. The summed E-state index contributed by atoms with van der Waals surface area (Å²) in [4.78, 5) is 17.3. The van der Waals surface area contributed by atoms with E-state index in [1.807, 2.05) is 6.92 Å². The van der Waals surface area contributed by atoms with E-state index in [-0.39, 0.29) is 23.7 Å². The second-order valence-electron chi connectivity index (χ2n) is 10.2. The molecule has 0 unspecified atom stereocenters. The topological polar surface area (TPSA) is 81.5 Å². The molecule has 0 bridgehead atoms. The van der Waals surface area contributed by atoms with E-state index in [0.717, 1.165) is 16.8 Å². The van der Waals surface area contributed by atoms with Gasteiger partial charge in [-0.2, -0.15) is 0 Å². The average Bonchev–Trinajstić information content (AvgIpc) is 3.19. The van der Waals surface area contributed by atoms with E-state index in [1.54, 1.807) is 43.5 Å². The maximum atomic E-state index is 14.1. The van der Waals surface area contributed by atoms with Gasteiger partial charge < -0.3 is 9.30 Å². The van der Waals surface area contributed by atoms with Crippen molar-refractivity contribution in [1.29, 1.82) is 0 Å². The lowest BCUT2D eigenvalue weighted by Gasteiger charge is -2.25. The molecule has 0 fully saturated rings. The normalized spacial score (nSPS) is 12.1. The van der Waals surface area contributed by atoms with Crippen LogP contribution in [0.5, 0.6) is 0 Å². The largest absolute Gasteiger partial charge is 0.459 e. The summed E-state index contributed by atoms with van der Waals surface area (Å²) in [5.41, 5.74) is 1.03. The van der Waals surface area contributed by atoms with Crippen molar-refractivity contribution >= 4 is 32.7 Å². The minimum atomic E-state index is -4.28. The van der Waals surface area contributed by atoms with Gasteiger partial charge in [0.25, 0.3) is 10.0 Å². The smallest absolute Gasteiger partial charge is 0.326 e. The molecule has 0 aliphatic carbocycles. The number of para-hydroxylation sites is 1. The standard InChI is InChI=1S/C29H31F2N3O4S/c1-5-8-26-32-28-24(33(26)19-27(35)38-29(2,3)4)11-7-12-25(28)34(18-20-13-15-21(30)16-14-20)39(36,37)23-10-6-9-22(31)17-23/h6-7,9-17H,5,8,18-19H2,1-4H3. The second-order valence-corrected chi connectivity index (χ2v) is 12.1. The highest BCUT2D eigenvalue weighted by atomic mass is 32.2. The number of aromatic nitrogens is 2. The van der Waals surface area contributed by atoms with Crippen molar-refractivity contribution < 1.29 is 26.7 Å². The SMILES string of the molecule is CCCc1nc2c(N(Cc3ccc(F)cc3)S(=O)(=O)c3cccc(F)c3)cccc2n1CC(=O)OC(C)(C)C. The number of anilines is 1. The summed E-state index contributed by atoms with van der Waals surface area (Å²) in [6.45, 7) is 7.08. The van der Waals surface area contributed by atoms with E-state index in [9.17, 15) is 22.0 Å². The van der Waals surface area contributed by atoms with Crippen molar-refractivity contribution in [3.8, 4) is 0 Å². The third kappa shape index (κ3) is 6.44. The Morgan fingerprint density at radius 3 is 2.33 bits per heavy atom. The monoisotopic (exact) mass is 555 g/mol. The molecule has 0 aliphatic rings. The van der Waals surface area contributed by atoms with Crippen molar-refractivity contribution in [2.75, 3.05) is 4.31 Å². The number of sulfonamides is 1. The number of benzene rings is 3. The first-order chi connectivity index (χ1) is 18.4. The molecule has 1 heterocycles. The van der Waals surface area contributed by atoms with Crippen LogP contribution in [0.15, 0.2) is 71.6 Å². The van der Waals surface area contributed by atoms with Gasteiger partial charge >= 0.3 is 5.97 Å². The first kappa shape index (κ1) is 28.2. The summed E-state index contributed by atoms with van der Waals surface area (Å²) < 4.78 is 63.9. The number of hydrogen-bond donors (Lipinski definition) is 0. The van der Waals surface area contributed by atoms with E-state index in [1.165, 1.54) is 42.5 Å². The van der Waals surface area contributed by atoms with E-state index >= 15 is 0 Å². The molecule has 0 radical (unpaired) electrons. The summed E-state index contributed by atoms with van der Waals surface area (Å²) in [7, 11) is -4.28. The number of fused-ring (bicyclic) bond motifs is 1. The van der Waals surface area contributed by atoms with Crippen LogP contribution in [0.25, 0.3) is 11.0 Å². The molecule has 0 saturated heterocycles. The van der Waals surface area contributed by atoms with Gasteiger partial charge in [0, 0.05) is 6.42 Å². The lowest BCUT2D eigenvalue weighted by Crippen LogP contribution is -2.31. The number of nitrogens with zero attached hydrogens (tertiary/aromatic N) is 3. The highest BCUT2D eigenvalue weighted by molar-refractivity contribution is 7.92. The lowest BCUT2D eigenvalue weighted by molar-refractivity contribution is -0.155. The fraction of sp³-hybridized carbons (Fsp3) is 0.310. The van der Waals surface area contributed by atoms with Crippen LogP contribution in [0.4, 0.5) is 14.5 Å². The minimum absolute atomic E-state index is 0.0961. The number of hydrogen-bond acceptors (Lipinski definition) is 5. The van der Waals surface area contributed by atoms with Gasteiger partial charge in [-0.25, -0.2) is 22.2 Å². The molecule has 0 spiro atoms. The molecule has 4 rings (SSSR count). The summed E-state index contributed by atoms with van der Waals surface area (Å²) in [5.74, 6) is -0.982. The number of carbonyl (C=O) groups excluding carboxylic acids is 1. The van der Waals surface area contributed by atoms with E-state index < -0.39 is 33.2 Å². The van der Waals surface area contributed by atoms with Crippen molar-refractivity contribution in [1.82, 2.24) is 9.55 Å². The van der Waals surface area contributed by atoms with Gasteiger partial charge in [0.05, 0.1) is 22.6 Å². The van der Waals surface area contributed by atoms with Crippen LogP contribution in [-0.2, 0) is 39.1 Å². The molecule has 206 valence electrons. The third-order valence-electron chi connectivity index (χ3n) is 5.91. The Labute approximate surface area is 227 Å². The zero-order valence-electron chi connectivity index (χ0n) is 22.3. The Bertz CT molecular complexity index is 1590. The molecule has 10 heteroatoms. The van der Waals surface area contributed by atoms with Crippen LogP contribution < -0.4 is 4.31 Å². The fourth-order valence-corrected chi connectivity index (χ4v) is 5.78.